The molecule has 0 bridgehead atoms. The average molecular weight is 497 g/mol. The van der Waals surface area contributed by atoms with E-state index in [4.69, 9.17) is 9.15 Å². The molecule has 9 heteroatoms. The highest BCUT2D eigenvalue weighted by Gasteiger charge is 2.18. The fraction of sp³-hybridized carbons (Fsp3) is 0.111. The second kappa shape index (κ2) is 8.69. The average Bonchev–Trinajstić information content (AvgIpc) is 3.31. The summed E-state index contributed by atoms with van der Waals surface area (Å²) in [6.45, 7) is 2.00. The van der Waals surface area contributed by atoms with Crippen molar-refractivity contribution >= 4 is 39.4 Å². The van der Waals surface area contributed by atoms with Gasteiger partial charge < -0.3 is 9.15 Å². The molecule has 0 N–H and O–H groups in total. The number of rotatable bonds is 5. The molecule has 3 aromatic heterocycles. The Hall–Kier alpha value is -4.37. The molecule has 0 unspecified atom stereocenters. The van der Waals surface area contributed by atoms with Crippen LogP contribution in [0, 0.1) is 6.92 Å². The van der Waals surface area contributed by atoms with Crippen molar-refractivity contribution in [3.05, 3.63) is 105 Å². The largest absolute Gasteiger partial charge is 0.497 e. The number of nitrogens with zero attached hydrogens (tertiary/aromatic N) is 4. The summed E-state index contributed by atoms with van der Waals surface area (Å²) in [5.41, 5.74) is 3.20. The summed E-state index contributed by atoms with van der Waals surface area (Å²) in [4.78, 5) is 25.7. The first kappa shape index (κ1) is 22.1. The molecule has 0 aliphatic carbocycles. The van der Waals surface area contributed by atoms with Crippen LogP contribution in [-0.2, 0) is 5.75 Å². The van der Waals surface area contributed by atoms with Gasteiger partial charge in [0, 0.05) is 23.3 Å². The van der Waals surface area contributed by atoms with E-state index >= 15 is 0 Å². The number of benzene rings is 3. The minimum absolute atomic E-state index is 0.161. The zero-order valence-electron chi connectivity index (χ0n) is 19.5. The summed E-state index contributed by atoms with van der Waals surface area (Å²) < 4.78 is 14.1. The Balaban J connectivity index is 1.50. The van der Waals surface area contributed by atoms with Crippen molar-refractivity contribution in [2.24, 2.45) is 0 Å². The smallest absolute Gasteiger partial charge is 0.336 e. The zero-order valence-corrected chi connectivity index (χ0v) is 20.3. The van der Waals surface area contributed by atoms with Crippen molar-refractivity contribution in [2.75, 3.05) is 7.11 Å². The number of para-hydroxylation sites is 1. The number of hydrogen-bond donors (Lipinski definition) is 0. The molecule has 0 aliphatic heterocycles. The lowest BCUT2D eigenvalue weighted by molar-refractivity contribution is 0.414. The van der Waals surface area contributed by atoms with Crippen molar-refractivity contribution in [2.45, 2.75) is 17.8 Å². The van der Waals surface area contributed by atoms with Gasteiger partial charge in [0.2, 0.25) is 5.78 Å². The monoisotopic (exact) mass is 496 g/mol. The molecule has 8 nitrogen and oxygen atoms in total. The van der Waals surface area contributed by atoms with Crippen LogP contribution in [0.3, 0.4) is 0 Å². The highest BCUT2D eigenvalue weighted by molar-refractivity contribution is 7.98. The van der Waals surface area contributed by atoms with Gasteiger partial charge in [0.15, 0.2) is 5.16 Å². The lowest BCUT2D eigenvalue weighted by Gasteiger charge is -2.12. The summed E-state index contributed by atoms with van der Waals surface area (Å²) in [6.07, 6.45) is 0. The van der Waals surface area contributed by atoms with Crippen molar-refractivity contribution in [1.29, 1.82) is 0 Å². The molecule has 0 spiro atoms. The number of ether oxygens (including phenoxy) is 1. The number of fused-ring (bicyclic) bond motifs is 4. The highest BCUT2D eigenvalue weighted by atomic mass is 32.2. The van der Waals surface area contributed by atoms with E-state index in [-0.39, 0.29) is 5.56 Å². The van der Waals surface area contributed by atoms with E-state index in [0.29, 0.717) is 39.1 Å². The molecule has 36 heavy (non-hydrogen) atoms. The predicted octanol–water partition coefficient (Wildman–Crippen LogP) is 4.75. The van der Waals surface area contributed by atoms with Gasteiger partial charge in [-0.15, -0.1) is 10.2 Å². The Morgan fingerprint density at radius 3 is 2.56 bits per heavy atom. The van der Waals surface area contributed by atoms with E-state index in [1.54, 1.807) is 23.8 Å². The number of aromatic nitrogens is 4. The first-order chi connectivity index (χ1) is 17.5. The lowest BCUT2D eigenvalue weighted by Crippen LogP contribution is -2.21. The third-order valence-corrected chi connectivity index (χ3v) is 7.06. The van der Waals surface area contributed by atoms with Gasteiger partial charge in [-0.2, -0.15) is 0 Å². The van der Waals surface area contributed by atoms with Crippen LogP contribution in [0.25, 0.3) is 33.3 Å². The molecule has 3 aromatic carbocycles. The van der Waals surface area contributed by atoms with Crippen LogP contribution in [0.5, 0.6) is 5.75 Å². The molecule has 0 radical (unpaired) electrons. The molecular formula is C27H20N4O4S. The number of methoxy groups -OCH3 is 1. The van der Waals surface area contributed by atoms with Crippen LogP contribution in [0.2, 0.25) is 0 Å². The van der Waals surface area contributed by atoms with E-state index < -0.39 is 5.63 Å². The highest BCUT2D eigenvalue weighted by Crippen LogP contribution is 2.29. The van der Waals surface area contributed by atoms with Gasteiger partial charge in [0.25, 0.3) is 5.56 Å². The Bertz CT molecular complexity index is 1890. The molecule has 178 valence electrons. The first-order valence-corrected chi connectivity index (χ1v) is 12.2. The van der Waals surface area contributed by atoms with Crippen LogP contribution in [0.15, 0.2) is 92.0 Å². The minimum atomic E-state index is -0.434. The zero-order chi connectivity index (χ0) is 24.8. The molecule has 0 saturated heterocycles. The van der Waals surface area contributed by atoms with Crippen molar-refractivity contribution < 1.29 is 9.15 Å². The van der Waals surface area contributed by atoms with E-state index in [1.807, 2.05) is 65.9 Å². The molecular weight excluding hydrogens is 476 g/mol. The molecule has 0 amide bonds. The Morgan fingerprint density at radius 1 is 0.944 bits per heavy atom. The molecule has 3 heterocycles. The quantitative estimate of drug-likeness (QED) is 0.251. The summed E-state index contributed by atoms with van der Waals surface area (Å²) in [7, 11) is 1.57. The minimum Gasteiger partial charge on any atom is -0.497 e. The van der Waals surface area contributed by atoms with Crippen LogP contribution < -0.4 is 15.9 Å². The molecule has 0 aliphatic rings. The Kier molecular flexibility index (Phi) is 5.34. The molecule has 6 rings (SSSR count). The molecule has 0 fully saturated rings. The second-order valence-electron chi connectivity index (χ2n) is 8.35. The number of hydrogen-bond acceptors (Lipinski definition) is 7. The van der Waals surface area contributed by atoms with Gasteiger partial charge in [-0.05, 0) is 48.9 Å². The van der Waals surface area contributed by atoms with Gasteiger partial charge in [-0.3, -0.25) is 9.20 Å². The van der Waals surface area contributed by atoms with Crippen molar-refractivity contribution in [1.82, 2.24) is 19.2 Å². The summed E-state index contributed by atoms with van der Waals surface area (Å²) in [6, 6.07) is 22.0. The Labute approximate surface area is 208 Å². The number of thioether (sulfide) groups is 1. The Morgan fingerprint density at radius 2 is 1.75 bits per heavy atom. The summed E-state index contributed by atoms with van der Waals surface area (Å²) >= 11 is 1.43. The number of aryl methyl sites for hydroxylation is 1. The van der Waals surface area contributed by atoms with Crippen LogP contribution in [0.4, 0.5) is 0 Å². The molecule has 6 aromatic rings. The normalized spacial score (nSPS) is 11.5. The second-order valence-corrected chi connectivity index (χ2v) is 9.30. The standard InChI is InChI=1S/C27H20N4O4S/c1-16-7-9-18(10-8-16)30-25(33)21-5-3-4-6-22(21)31-26(30)28-29-27(31)36-15-17-13-24(32)35-23-14-19(34-2)11-12-20(17)23/h3-14H,15H2,1-2H3. The van der Waals surface area contributed by atoms with Crippen molar-refractivity contribution in [3.8, 4) is 11.4 Å². The summed E-state index contributed by atoms with van der Waals surface area (Å²) in [5, 5.41) is 10.8. The maximum Gasteiger partial charge on any atom is 0.336 e. The van der Waals surface area contributed by atoms with Crippen molar-refractivity contribution in [3.63, 3.8) is 0 Å². The van der Waals surface area contributed by atoms with E-state index in [2.05, 4.69) is 10.2 Å². The van der Waals surface area contributed by atoms with Crippen LogP contribution >= 0.6 is 11.8 Å². The maximum absolute atomic E-state index is 13.5. The maximum atomic E-state index is 13.5. The van der Waals surface area contributed by atoms with Gasteiger partial charge >= 0.3 is 5.63 Å². The lowest BCUT2D eigenvalue weighted by atomic mass is 10.1. The van der Waals surface area contributed by atoms with Gasteiger partial charge in [-0.25, -0.2) is 9.36 Å². The van der Waals surface area contributed by atoms with E-state index in [9.17, 15) is 9.59 Å². The fourth-order valence-electron chi connectivity index (χ4n) is 4.30. The SMILES string of the molecule is COc1ccc2c(CSc3nnc4n(-c5ccc(C)cc5)c(=O)c5ccccc5n34)cc(=O)oc2c1. The van der Waals surface area contributed by atoms with E-state index in [0.717, 1.165) is 22.0 Å². The van der Waals surface area contributed by atoms with E-state index in [1.165, 1.54) is 17.8 Å². The third kappa shape index (κ3) is 3.64. The van der Waals surface area contributed by atoms with Crippen LogP contribution in [0.1, 0.15) is 11.1 Å². The van der Waals surface area contributed by atoms with Gasteiger partial charge in [0.1, 0.15) is 11.3 Å². The fourth-order valence-corrected chi connectivity index (χ4v) is 5.23. The third-order valence-electron chi connectivity index (χ3n) is 6.08. The molecule has 0 saturated carbocycles. The summed E-state index contributed by atoms with van der Waals surface area (Å²) in [5.74, 6) is 1.49. The van der Waals surface area contributed by atoms with Gasteiger partial charge in [-0.1, -0.05) is 41.6 Å². The predicted molar refractivity (Wildman–Crippen MR) is 139 cm³/mol. The molecule has 0 atom stereocenters. The van der Waals surface area contributed by atoms with Gasteiger partial charge in [0.05, 0.1) is 23.7 Å². The first-order valence-electron chi connectivity index (χ1n) is 11.2. The topological polar surface area (TPSA) is 91.6 Å². The van der Waals surface area contributed by atoms with Crippen LogP contribution in [-0.4, -0.2) is 26.3 Å².